The molecule has 0 unspecified atom stereocenters. The molecule has 1 aromatic carbocycles. The Balaban J connectivity index is 2.77. The topological polar surface area (TPSA) is 84.9 Å². The molecule has 7 nitrogen and oxygen atoms in total. The zero-order valence-electron chi connectivity index (χ0n) is 14.6. The number of nitrogens with zero attached hydrogens (tertiary/aromatic N) is 1. The number of carbonyl (C=O) groups excluding carboxylic acids is 1. The van der Waals surface area contributed by atoms with Crippen LogP contribution in [0.5, 0.6) is 5.75 Å². The first-order valence-electron chi connectivity index (χ1n) is 7.83. The van der Waals surface area contributed by atoms with E-state index in [1.54, 1.807) is 36.3 Å². The molecule has 0 aromatic heterocycles. The van der Waals surface area contributed by atoms with Gasteiger partial charge in [-0.15, -0.1) is 0 Å². The maximum atomic E-state index is 12.2. The molecular formula is C16H26N2O5S. The van der Waals surface area contributed by atoms with Crippen LogP contribution in [0.15, 0.2) is 24.3 Å². The van der Waals surface area contributed by atoms with E-state index >= 15 is 0 Å². The third kappa shape index (κ3) is 7.18. The Morgan fingerprint density at radius 2 is 1.88 bits per heavy atom. The van der Waals surface area contributed by atoms with Crippen molar-refractivity contribution >= 4 is 16.1 Å². The van der Waals surface area contributed by atoms with E-state index in [4.69, 9.17) is 8.92 Å². The van der Waals surface area contributed by atoms with Crippen molar-refractivity contribution in [2.75, 3.05) is 26.0 Å². The Hall–Kier alpha value is -1.80. The lowest BCUT2D eigenvalue weighted by Gasteiger charge is -2.24. The minimum Gasteiger partial charge on any atom is -0.383 e. The number of hydrogen-bond donors (Lipinski definition) is 1. The number of amides is 2. The molecule has 0 saturated carbocycles. The van der Waals surface area contributed by atoms with E-state index < -0.39 is 10.1 Å². The predicted octanol–water partition coefficient (Wildman–Crippen LogP) is 1.98. The van der Waals surface area contributed by atoms with E-state index in [2.05, 4.69) is 5.32 Å². The van der Waals surface area contributed by atoms with Crippen LogP contribution in [-0.2, 0) is 21.4 Å². The lowest BCUT2D eigenvalue weighted by molar-refractivity contribution is 0.145. The van der Waals surface area contributed by atoms with Gasteiger partial charge in [-0.25, -0.2) is 4.79 Å². The van der Waals surface area contributed by atoms with Crippen molar-refractivity contribution in [2.24, 2.45) is 0 Å². The monoisotopic (exact) mass is 358 g/mol. The summed E-state index contributed by atoms with van der Waals surface area (Å²) in [6.07, 6.45) is 0. The Kier molecular flexibility index (Phi) is 8.00. The third-order valence-electron chi connectivity index (χ3n) is 3.14. The number of rotatable bonds is 9. The van der Waals surface area contributed by atoms with Crippen LogP contribution < -0.4 is 9.50 Å². The molecule has 24 heavy (non-hydrogen) atoms. The fourth-order valence-corrected chi connectivity index (χ4v) is 2.39. The summed E-state index contributed by atoms with van der Waals surface area (Å²) in [5, 5.41) is 2.85. The summed E-state index contributed by atoms with van der Waals surface area (Å²) in [5.41, 5.74) is 0.867. The molecule has 0 heterocycles. The molecule has 0 atom stereocenters. The molecule has 8 heteroatoms. The van der Waals surface area contributed by atoms with E-state index in [1.165, 1.54) is 6.92 Å². The minimum atomic E-state index is -3.54. The number of methoxy groups -OCH3 is 1. The average molecular weight is 358 g/mol. The third-order valence-corrected chi connectivity index (χ3v) is 4.29. The predicted molar refractivity (Wildman–Crippen MR) is 92.5 cm³/mol. The highest BCUT2D eigenvalue weighted by Crippen LogP contribution is 2.16. The molecule has 2 amide bonds. The van der Waals surface area contributed by atoms with Crippen LogP contribution in [0.25, 0.3) is 0 Å². The molecule has 0 bridgehead atoms. The van der Waals surface area contributed by atoms with Crippen LogP contribution in [0, 0.1) is 0 Å². The minimum absolute atomic E-state index is 0.0394. The standard InChI is InChI=1S/C16H26N2O5S/c1-5-24(20,21)23-15-8-6-14(7-9-15)12-18(10-11-22-4)16(19)17-13(2)3/h6-9,13H,5,10-12H2,1-4H3,(H,17,19). The molecule has 136 valence electrons. The highest BCUT2D eigenvalue weighted by Gasteiger charge is 2.15. The molecule has 0 spiro atoms. The quantitative estimate of drug-likeness (QED) is 0.682. The maximum Gasteiger partial charge on any atom is 0.317 e. The smallest absolute Gasteiger partial charge is 0.317 e. The summed E-state index contributed by atoms with van der Waals surface area (Å²) in [6.45, 7) is 6.59. The zero-order valence-corrected chi connectivity index (χ0v) is 15.4. The van der Waals surface area contributed by atoms with Gasteiger partial charge in [-0.3, -0.25) is 0 Å². The first-order valence-corrected chi connectivity index (χ1v) is 9.40. The lowest BCUT2D eigenvalue weighted by Crippen LogP contribution is -2.43. The van der Waals surface area contributed by atoms with Gasteiger partial charge < -0.3 is 19.1 Å². The van der Waals surface area contributed by atoms with Crippen molar-refractivity contribution < 1.29 is 22.1 Å². The summed E-state index contributed by atoms with van der Waals surface area (Å²) in [7, 11) is -1.96. The van der Waals surface area contributed by atoms with E-state index in [9.17, 15) is 13.2 Å². The summed E-state index contributed by atoms with van der Waals surface area (Å²) >= 11 is 0. The molecule has 0 aliphatic rings. The van der Waals surface area contributed by atoms with Crippen LogP contribution in [0.1, 0.15) is 26.3 Å². The van der Waals surface area contributed by atoms with Crippen molar-refractivity contribution in [3.05, 3.63) is 29.8 Å². The molecule has 0 aliphatic carbocycles. The van der Waals surface area contributed by atoms with Gasteiger partial charge in [0.15, 0.2) is 0 Å². The molecule has 1 aromatic rings. The summed E-state index contributed by atoms with van der Waals surface area (Å²) in [5.74, 6) is 0.172. The van der Waals surface area contributed by atoms with Crippen molar-refractivity contribution in [3.63, 3.8) is 0 Å². The number of benzene rings is 1. The number of hydrogen-bond acceptors (Lipinski definition) is 5. The van der Waals surface area contributed by atoms with Crippen LogP contribution in [0.4, 0.5) is 4.79 Å². The molecule has 1 N–H and O–H groups in total. The molecule has 0 aliphatic heterocycles. The Morgan fingerprint density at radius 3 is 2.38 bits per heavy atom. The van der Waals surface area contributed by atoms with Gasteiger partial charge in [0.2, 0.25) is 0 Å². The van der Waals surface area contributed by atoms with Gasteiger partial charge in [-0.2, -0.15) is 8.42 Å². The van der Waals surface area contributed by atoms with Crippen LogP contribution >= 0.6 is 0 Å². The van der Waals surface area contributed by atoms with E-state index in [0.29, 0.717) is 19.7 Å². The van der Waals surface area contributed by atoms with E-state index in [-0.39, 0.29) is 23.6 Å². The average Bonchev–Trinajstić information content (AvgIpc) is 2.52. The van der Waals surface area contributed by atoms with Crippen LogP contribution in [-0.4, -0.2) is 51.4 Å². The van der Waals surface area contributed by atoms with Gasteiger partial charge in [-0.05, 0) is 38.5 Å². The normalized spacial score (nSPS) is 11.4. The fraction of sp³-hybridized carbons (Fsp3) is 0.562. The van der Waals surface area contributed by atoms with Gasteiger partial charge in [0.1, 0.15) is 5.75 Å². The van der Waals surface area contributed by atoms with Crippen molar-refractivity contribution in [1.29, 1.82) is 0 Å². The van der Waals surface area contributed by atoms with Crippen molar-refractivity contribution in [3.8, 4) is 5.75 Å². The van der Waals surface area contributed by atoms with Gasteiger partial charge in [0, 0.05) is 26.2 Å². The summed E-state index contributed by atoms with van der Waals surface area (Å²) in [4.78, 5) is 13.9. The Bertz CT molecular complexity index is 614. The highest BCUT2D eigenvalue weighted by atomic mass is 32.2. The summed E-state index contributed by atoms with van der Waals surface area (Å²) in [6, 6.07) is 6.51. The Labute approximate surface area is 144 Å². The van der Waals surface area contributed by atoms with Crippen LogP contribution in [0.2, 0.25) is 0 Å². The fourth-order valence-electron chi connectivity index (χ4n) is 1.87. The van der Waals surface area contributed by atoms with Crippen molar-refractivity contribution in [1.82, 2.24) is 10.2 Å². The van der Waals surface area contributed by atoms with Gasteiger partial charge >= 0.3 is 16.1 Å². The second-order valence-electron chi connectivity index (χ2n) is 5.59. The Morgan fingerprint density at radius 1 is 1.25 bits per heavy atom. The van der Waals surface area contributed by atoms with Crippen molar-refractivity contribution in [2.45, 2.75) is 33.4 Å². The van der Waals surface area contributed by atoms with E-state index in [0.717, 1.165) is 5.56 Å². The zero-order chi connectivity index (χ0) is 18.2. The van der Waals surface area contributed by atoms with Crippen LogP contribution in [0.3, 0.4) is 0 Å². The van der Waals surface area contributed by atoms with Gasteiger partial charge in [0.25, 0.3) is 0 Å². The van der Waals surface area contributed by atoms with Gasteiger partial charge in [0.05, 0.1) is 12.4 Å². The molecule has 0 saturated heterocycles. The summed E-state index contributed by atoms with van der Waals surface area (Å²) < 4.78 is 32.9. The molecule has 0 fully saturated rings. The second kappa shape index (κ2) is 9.48. The number of ether oxygens (including phenoxy) is 1. The first-order chi connectivity index (χ1) is 11.3. The lowest BCUT2D eigenvalue weighted by atomic mass is 10.2. The molecule has 1 rings (SSSR count). The second-order valence-corrected chi connectivity index (χ2v) is 7.45. The van der Waals surface area contributed by atoms with E-state index in [1.807, 2.05) is 13.8 Å². The SMILES string of the molecule is CCS(=O)(=O)Oc1ccc(CN(CCOC)C(=O)NC(C)C)cc1. The molecule has 0 radical (unpaired) electrons. The first kappa shape index (κ1) is 20.2. The maximum absolute atomic E-state index is 12.2. The number of nitrogens with one attached hydrogen (secondary N) is 1. The molecular weight excluding hydrogens is 332 g/mol. The van der Waals surface area contributed by atoms with Gasteiger partial charge in [-0.1, -0.05) is 12.1 Å². The largest absolute Gasteiger partial charge is 0.383 e. The number of carbonyl (C=O) groups is 1. The number of urea groups is 1. The highest BCUT2D eigenvalue weighted by molar-refractivity contribution is 7.87.